The molecule has 0 aromatic heterocycles. The molecule has 1 atom stereocenters. The fourth-order valence-electron chi connectivity index (χ4n) is 1.55. The van der Waals surface area contributed by atoms with E-state index in [1.54, 1.807) is 0 Å². The molecule has 1 rings (SSSR count). The van der Waals surface area contributed by atoms with Gasteiger partial charge in [0.05, 0.1) is 52.9 Å². The molecule has 0 spiro atoms. The summed E-state index contributed by atoms with van der Waals surface area (Å²) in [7, 11) is 0. The fourth-order valence-corrected chi connectivity index (χ4v) is 1.55. The van der Waals surface area contributed by atoms with E-state index in [0.717, 1.165) is 6.42 Å². The summed E-state index contributed by atoms with van der Waals surface area (Å²) < 4.78 is 27.1. The molecule has 0 aliphatic carbocycles. The van der Waals surface area contributed by atoms with Gasteiger partial charge in [0.15, 0.2) is 0 Å². The minimum atomic E-state index is -0.176. The first-order chi connectivity index (χ1) is 9.43. The summed E-state index contributed by atoms with van der Waals surface area (Å²) in [6.07, 6.45) is 0.697. The van der Waals surface area contributed by atoms with Gasteiger partial charge < -0.3 is 28.5 Å². The van der Waals surface area contributed by atoms with Crippen molar-refractivity contribution >= 4 is 0 Å². The van der Waals surface area contributed by atoms with E-state index >= 15 is 0 Å². The van der Waals surface area contributed by atoms with Gasteiger partial charge in [0.2, 0.25) is 0 Å². The van der Waals surface area contributed by atoms with E-state index in [9.17, 15) is 0 Å². The highest BCUT2D eigenvalue weighted by Crippen LogP contribution is 1.96. The van der Waals surface area contributed by atoms with E-state index in [4.69, 9.17) is 29.6 Å². The molecule has 1 saturated heterocycles. The van der Waals surface area contributed by atoms with Crippen molar-refractivity contribution in [2.75, 3.05) is 66.1 Å². The van der Waals surface area contributed by atoms with Crippen molar-refractivity contribution in [3.63, 3.8) is 0 Å². The van der Waals surface area contributed by atoms with Crippen molar-refractivity contribution in [1.82, 2.24) is 0 Å². The second kappa shape index (κ2) is 12.7. The van der Waals surface area contributed by atoms with Crippen LogP contribution in [0.25, 0.3) is 0 Å². The number of hydrogen-bond acceptors (Lipinski definition) is 7. The van der Waals surface area contributed by atoms with Crippen LogP contribution >= 0.6 is 0 Å². The Morgan fingerprint density at radius 1 is 0.789 bits per heavy atom. The maximum Gasteiger partial charge on any atom is 0.106 e. The van der Waals surface area contributed by atoms with Gasteiger partial charge in [0.1, 0.15) is 6.10 Å². The summed E-state index contributed by atoms with van der Waals surface area (Å²) in [5, 5.41) is 0. The van der Waals surface area contributed by atoms with Gasteiger partial charge in [0, 0.05) is 13.2 Å². The van der Waals surface area contributed by atoms with E-state index in [-0.39, 0.29) is 6.10 Å². The predicted octanol–water partition coefficient (Wildman–Crippen LogP) is -0.268. The van der Waals surface area contributed by atoms with Gasteiger partial charge in [-0.05, 0) is 6.42 Å². The minimum absolute atomic E-state index is 0.176. The van der Waals surface area contributed by atoms with Crippen molar-refractivity contribution in [2.24, 2.45) is 5.90 Å². The lowest BCUT2D eigenvalue weighted by Crippen LogP contribution is -2.29. The number of rotatable bonds is 2. The lowest BCUT2D eigenvalue weighted by molar-refractivity contribution is -0.0828. The molecule has 0 amide bonds. The molecule has 7 nitrogen and oxygen atoms in total. The fraction of sp³-hybridized carbons (Fsp3) is 1.00. The lowest BCUT2D eigenvalue weighted by Gasteiger charge is -2.17. The summed E-state index contributed by atoms with van der Waals surface area (Å²) in [6, 6.07) is 0. The van der Waals surface area contributed by atoms with Gasteiger partial charge in [0.25, 0.3) is 0 Å². The zero-order valence-electron chi connectivity index (χ0n) is 11.4. The second-order valence-corrected chi connectivity index (χ2v) is 4.09. The summed E-state index contributed by atoms with van der Waals surface area (Å²) in [4.78, 5) is 4.59. The van der Waals surface area contributed by atoms with Gasteiger partial charge in [-0.3, -0.25) is 0 Å². The van der Waals surface area contributed by atoms with Crippen LogP contribution in [0.2, 0.25) is 0 Å². The molecule has 0 aromatic rings. The van der Waals surface area contributed by atoms with Crippen LogP contribution in [0.5, 0.6) is 0 Å². The van der Waals surface area contributed by atoms with Crippen LogP contribution in [0.15, 0.2) is 0 Å². The summed E-state index contributed by atoms with van der Waals surface area (Å²) in [6.45, 7) is 5.36. The quantitative estimate of drug-likeness (QED) is 0.697. The van der Waals surface area contributed by atoms with Crippen LogP contribution in [-0.2, 0) is 28.5 Å². The molecule has 0 saturated carbocycles. The molecule has 0 unspecified atom stereocenters. The number of nitrogens with two attached hydrogens (primary N) is 1. The van der Waals surface area contributed by atoms with Crippen molar-refractivity contribution < 1.29 is 28.5 Å². The Morgan fingerprint density at radius 2 is 1.37 bits per heavy atom. The van der Waals surface area contributed by atoms with E-state index in [1.165, 1.54) is 0 Å². The van der Waals surface area contributed by atoms with E-state index < -0.39 is 0 Å². The Balaban J connectivity index is 2.19. The van der Waals surface area contributed by atoms with Crippen LogP contribution in [0.1, 0.15) is 6.42 Å². The molecule has 19 heavy (non-hydrogen) atoms. The highest BCUT2D eigenvalue weighted by Gasteiger charge is 2.09. The molecule has 0 bridgehead atoms. The Labute approximate surface area is 114 Å². The van der Waals surface area contributed by atoms with Gasteiger partial charge in [-0.25, -0.2) is 5.90 Å². The van der Waals surface area contributed by atoms with Crippen molar-refractivity contribution in [1.29, 1.82) is 0 Å². The molecule has 114 valence electrons. The van der Waals surface area contributed by atoms with Gasteiger partial charge in [-0.15, -0.1) is 0 Å². The van der Waals surface area contributed by atoms with E-state index in [1.807, 2.05) is 0 Å². The van der Waals surface area contributed by atoms with Crippen molar-refractivity contribution in [3.8, 4) is 0 Å². The number of ether oxygens (including phenoxy) is 5. The van der Waals surface area contributed by atoms with Gasteiger partial charge in [-0.1, -0.05) is 0 Å². The topological polar surface area (TPSA) is 81.4 Å². The summed E-state index contributed by atoms with van der Waals surface area (Å²) >= 11 is 0. The molecule has 2 N–H and O–H groups in total. The second-order valence-electron chi connectivity index (χ2n) is 4.09. The van der Waals surface area contributed by atoms with Crippen LogP contribution < -0.4 is 5.90 Å². The van der Waals surface area contributed by atoms with Gasteiger partial charge >= 0.3 is 0 Å². The van der Waals surface area contributed by atoms with Crippen molar-refractivity contribution in [3.05, 3.63) is 0 Å². The average molecular weight is 279 g/mol. The lowest BCUT2D eigenvalue weighted by atomic mass is 10.4. The summed E-state index contributed by atoms with van der Waals surface area (Å²) in [5.74, 6) is 5.05. The highest BCUT2D eigenvalue weighted by molar-refractivity contribution is 4.55. The molecular formula is C12H25NO6. The van der Waals surface area contributed by atoms with Crippen molar-refractivity contribution in [2.45, 2.75) is 12.5 Å². The highest BCUT2D eigenvalue weighted by atomic mass is 16.6. The Bertz CT molecular complexity index is 179. The largest absolute Gasteiger partial charge is 0.379 e. The third-order valence-electron chi connectivity index (χ3n) is 2.49. The first-order valence-electron chi connectivity index (χ1n) is 6.67. The van der Waals surface area contributed by atoms with Crippen LogP contribution in [0.3, 0.4) is 0 Å². The molecule has 1 fully saturated rings. The van der Waals surface area contributed by atoms with E-state index in [0.29, 0.717) is 66.1 Å². The SMILES string of the molecule is NOC[C@@H]1COCCOCCOCCCOCCO1. The van der Waals surface area contributed by atoms with E-state index in [2.05, 4.69) is 4.84 Å². The third kappa shape index (κ3) is 10.2. The molecular weight excluding hydrogens is 254 g/mol. The maximum absolute atomic E-state index is 5.56. The zero-order valence-corrected chi connectivity index (χ0v) is 11.4. The molecule has 1 heterocycles. The standard InChI is InChI=1S/C12H25NO6/c13-19-11-12-10-17-7-6-16-5-4-14-2-1-3-15-8-9-18-12/h12H,1-11,13H2/t12-/m0/s1. The monoisotopic (exact) mass is 279 g/mol. The van der Waals surface area contributed by atoms with Crippen LogP contribution in [0, 0.1) is 0 Å². The summed E-state index contributed by atoms with van der Waals surface area (Å²) in [5.41, 5.74) is 0. The first kappa shape index (κ1) is 16.8. The molecule has 0 radical (unpaired) electrons. The average Bonchev–Trinajstić information content (AvgIpc) is 2.41. The molecule has 0 aromatic carbocycles. The minimum Gasteiger partial charge on any atom is -0.379 e. The van der Waals surface area contributed by atoms with Crippen LogP contribution in [0.4, 0.5) is 0 Å². The molecule has 7 heteroatoms. The Hall–Kier alpha value is -0.280. The first-order valence-corrected chi connectivity index (χ1v) is 6.67. The predicted molar refractivity (Wildman–Crippen MR) is 67.8 cm³/mol. The Kier molecular flexibility index (Phi) is 11.2. The maximum atomic E-state index is 5.56. The number of hydrogen-bond donors (Lipinski definition) is 1. The van der Waals surface area contributed by atoms with Gasteiger partial charge in [-0.2, -0.15) is 0 Å². The molecule has 1 aliphatic rings. The molecule has 1 aliphatic heterocycles. The Morgan fingerprint density at radius 3 is 2.05 bits per heavy atom. The van der Waals surface area contributed by atoms with Crippen LogP contribution in [-0.4, -0.2) is 72.2 Å². The zero-order chi connectivity index (χ0) is 13.6. The third-order valence-corrected chi connectivity index (χ3v) is 2.49. The smallest absolute Gasteiger partial charge is 0.106 e. The normalized spacial score (nSPS) is 26.1.